The zero-order chi connectivity index (χ0) is 12.3. The van der Waals surface area contributed by atoms with E-state index < -0.39 is 11.9 Å². The lowest BCUT2D eigenvalue weighted by molar-refractivity contribution is 0.190. The number of hydrogen-bond donors (Lipinski definition) is 1. The van der Waals surface area contributed by atoms with Gasteiger partial charge in [0.1, 0.15) is 17.3 Å². The van der Waals surface area contributed by atoms with Gasteiger partial charge < -0.3 is 9.84 Å². The summed E-state index contributed by atoms with van der Waals surface area (Å²) in [7, 11) is 0. The van der Waals surface area contributed by atoms with Crippen LogP contribution in [-0.2, 0) is 0 Å². The lowest BCUT2D eigenvalue weighted by Crippen LogP contribution is -1.99. The molecule has 0 fully saturated rings. The Labute approximate surface area is 98.5 Å². The summed E-state index contributed by atoms with van der Waals surface area (Å²) in [6.07, 6.45) is 2.22. The monoisotopic (exact) mass is 233 g/mol. The van der Waals surface area contributed by atoms with Gasteiger partial charge in [0.25, 0.3) is 0 Å². The standard InChI is InChI=1S/C13H12FNO2/c1-9(16)13-11(14)5-2-6-12(13)17-10-4-3-7-15-8-10/h2-9,16H,1H3. The summed E-state index contributed by atoms with van der Waals surface area (Å²) in [6.45, 7) is 1.49. The van der Waals surface area contributed by atoms with Gasteiger partial charge in [-0.1, -0.05) is 6.07 Å². The van der Waals surface area contributed by atoms with Crippen LogP contribution in [0.4, 0.5) is 4.39 Å². The second-order valence-corrected chi connectivity index (χ2v) is 3.62. The van der Waals surface area contributed by atoms with Crippen LogP contribution in [0.15, 0.2) is 42.7 Å². The molecule has 17 heavy (non-hydrogen) atoms. The second kappa shape index (κ2) is 4.93. The Hall–Kier alpha value is -1.94. The topological polar surface area (TPSA) is 42.4 Å². The molecular formula is C13H12FNO2. The molecule has 1 N–H and O–H groups in total. The zero-order valence-electron chi connectivity index (χ0n) is 9.30. The van der Waals surface area contributed by atoms with E-state index in [0.29, 0.717) is 11.5 Å². The predicted octanol–water partition coefficient (Wildman–Crippen LogP) is 3.07. The highest BCUT2D eigenvalue weighted by molar-refractivity contribution is 5.39. The first-order valence-electron chi connectivity index (χ1n) is 5.23. The molecule has 0 aliphatic carbocycles. The third-order valence-corrected chi connectivity index (χ3v) is 2.29. The fraction of sp³-hybridized carbons (Fsp3) is 0.154. The maximum absolute atomic E-state index is 13.5. The van der Waals surface area contributed by atoms with Gasteiger partial charge in [0, 0.05) is 6.20 Å². The molecule has 0 aliphatic heterocycles. The van der Waals surface area contributed by atoms with Crippen LogP contribution < -0.4 is 4.74 Å². The highest BCUT2D eigenvalue weighted by atomic mass is 19.1. The summed E-state index contributed by atoms with van der Waals surface area (Å²) in [5.41, 5.74) is 0.149. The molecule has 0 aliphatic rings. The van der Waals surface area contributed by atoms with Crippen LogP contribution in [0.25, 0.3) is 0 Å². The molecule has 0 saturated carbocycles. The molecule has 0 bridgehead atoms. The molecule has 0 radical (unpaired) electrons. The molecule has 0 amide bonds. The van der Waals surface area contributed by atoms with E-state index in [0.717, 1.165) is 0 Å². The minimum Gasteiger partial charge on any atom is -0.455 e. The Bertz CT molecular complexity index is 500. The number of nitrogens with zero attached hydrogens (tertiary/aromatic N) is 1. The van der Waals surface area contributed by atoms with Crippen LogP contribution in [0.5, 0.6) is 11.5 Å². The molecule has 1 heterocycles. The molecule has 0 saturated heterocycles. The van der Waals surface area contributed by atoms with Crippen molar-refractivity contribution in [1.29, 1.82) is 0 Å². The summed E-state index contributed by atoms with van der Waals surface area (Å²) in [6, 6.07) is 7.86. The number of benzene rings is 1. The average Bonchev–Trinajstić information content (AvgIpc) is 2.30. The molecule has 0 spiro atoms. The maximum Gasteiger partial charge on any atom is 0.145 e. The Balaban J connectivity index is 2.36. The van der Waals surface area contributed by atoms with Crippen molar-refractivity contribution in [1.82, 2.24) is 4.98 Å². The van der Waals surface area contributed by atoms with Crippen LogP contribution in [0, 0.1) is 5.82 Å². The summed E-state index contributed by atoms with van der Waals surface area (Å²) >= 11 is 0. The van der Waals surface area contributed by atoms with E-state index in [1.165, 1.54) is 25.3 Å². The number of hydrogen-bond acceptors (Lipinski definition) is 3. The molecule has 3 nitrogen and oxygen atoms in total. The van der Waals surface area contributed by atoms with Crippen LogP contribution in [0.1, 0.15) is 18.6 Å². The van der Waals surface area contributed by atoms with Crippen molar-refractivity contribution in [2.75, 3.05) is 0 Å². The highest BCUT2D eigenvalue weighted by Gasteiger charge is 2.15. The fourth-order valence-electron chi connectivity index (χ4n) is 1.55. The van der Waals surface area contributed by atoms with Crippen LogP contribution in [-0.4, -0.2) is 10.1 Å². The number of aliphatic hydroxyl groups excluding tert-OH is 1. The summed E-state index contributed by atoms with van der Waals surface area (Å²) in [5.74, 6) is 0.314. The summed E-state index contributed by atoms with van der Waals surface area (Å²) in [5, 5.41) is 9.53. The molecule has 4 heteroatoms. The van der Waals surface area contributed by atoms with Crippen molar-refractivity contribution in [2.24, 2.45) is 0 Å². The van der Waals surface area contributed by atoms with Crippen molar-refractivity contribution >= 4 is 0 Å². The predicted molar refractivity (Wildman–Crippen MR) is 61.3 cm³/mol. The van der Waals surface area contributed by atoms with Crippen LogP contribution in [0.3, 0.4) is 0 Å². The number of rotatable bonds is 3. The lowest BCUT2D eigenvalue weighted by Gasteiger charge is -2.13. The number of halogens is 1. The van der Waals surface area contributed by atoms with Crippen molar-refractivity contribution < 1.29 is 14.2 Å². The fourth-order valence-corrected chi connectivity index (χ4v) is 1.55. The first kappa shape index (κ1) is 11.5. The first-order chi connectivity index (χ1) is 8.18. The number of aromatic nitrogens is 1. The second-order valence-electron chi connectivity index (χ2n) is 3.62. The summed E-state index contributed by atoms with van der Waals surface area (Å²) < 4.78 is 19.0. The van der Waals surface area contributed by atoms with E-state index in [1.807, 2.05) is 0 Å². The van der Waals surface area contributed by atoms with Crippen molar-refractivity contribution in [3.05, 3.63) is 54.1 Å². The normalized spacial score (nSPS) is 12.2. The largest absolute Gasteiger partial charge is 0.455 e. The minimum atomic E-state index is -0.928. The van der Waals surface area contributed by atoms with Gasteiger partial charge in [0.15, 0.2) is 0 Å². The third-order valence-electron chi connectivity index (χ3n) is 2.29. The van der Waals surface area contributed by atoms with Gasteiger partial charge in [-0.25, -0.2) is 4.39 Å². The van der Waals surface area contributed by atoms with Crippen molar-refractivity contribution in [3.8, 4) is 11.5 Å². The molecular weight excluding hydrogens is 221 g/mol. The van der Waals surface area contributed by atoms with E-state index in [4.69, 9.17) is 4.74 Å². The molecule has 88 valence electrons. The maximum atomic E-state index is 13.5. The SMILES string of the molecule is CC(O)c1c(F)cccc1Oc1cccnc1. The first-order valence-corrected chi connectivity index (χ1v) is 5.23. The van der Waals surface area contributed by atoms with Gasteiger partial charge in [0.05, 0.1) is 17.9 Å². The minimum absolute atomic E-state index is 0.149. The highest BCUT2D eigenvalue weighted by Crippen LogP contribution is 2.31. The van der Waals surface area contributed by atoms with Crippen molar-refractivity contribution in [2.45, 2.75) is 13.0 Å². The number of pyridine rings is 1. The Morgan fingerprint density at radius 3 is 2.76 bits per heavy atom. The van der Waals surface area contributed by atoms with E-state index in [2.05, 4.69) is 4.98 Å². The number of ether oxygens (including phenoxy) is 1. The Kier molecular flexibility index (Phi) is 3.35. The molecule has 2 aromatic rings. The quantitative estimate of drug-likeness (QED) is 0.885. The van der Waals surface area contributed by atoms with Crippen molar-refractivity contribution in [3.63, 3.8) is 0 Å². The Morgan fingerprint density at radius 2 is 2.12 bits per heavy atom. The molecule has 2 rings (SSSR count). The average molecular weight is 233 g/mol. The molecule has 1 unspecified atom stereocenters. The van der Waals surface area contributed by atoms with E-state index in [-0.39, 0.29) is 5.56 Å². The molecule has 1 aromatic carbocycles. The van der Waals surface area contributed by atoms with Gasteiger partial charge in [0.2, 0.25) is 0 Å². The smallest absolute Gasteiger partial charge is 0.145 e. The third kappa shape index (κ3) is 2.60. The van der Waals surface area contributed by atoms with E-state index in [9.17, 15) is 9.50 Å². The molecule has 1 aromatic heterocycles. The van der Waals surface area contributed by atoms with E-state index >= 15 is 0 Å². The van der Waals surface area contributed by atoms with Gasteiger partial charge in [-0.3, -0.25) is 4.98 Å². The summed E-state index contributed by atoms with van der Waals surface area (Å²) in [4.78, 5) is 3.90. The number of aliphatic hydroxyl groups is 1. The van der Waals surface area contributed by atoms with Gasteiger partial charge in [-0.15, -0.1) is 0 Å². The van der Waals surface area contributed by atoms with Gasteiger partial charge in [-0.2, -0.15) is 0 Å². The van der Waals surface area contributed by atoms with Gasteiger partial charge >= 0.3 is 0 Å². The Morgan fingerprint density at radius 1 is 1.29 bits per heavy atom. The van der Waals surface area contributed by atoms with E-state index in [1.54, 1.807) is 24.4 Å². The lowest BCUT2D eigenvalue weighted by atomic mass is 10.1. The van der Waals surface area contributed by atoms with Crippen LogP contribution in [0.2, 0.25) is 0 Å². The van der Waals surface area contributed by atoms with Crippen LogP contribution >= 0.6 is 0 Å². The van der Waals surface area contributed by atoms with Gasteiger partial charge in [-0.05, 0) is 31.2 Å². The molecule has 1 atom stereocenters. The zero-order valence-corrected chi connectivity index (χ0v) is 9.30.